The Balaban J connectivity index is 2.28. The van der Waals surface area contributed by atoms with Crippen LogP contribution in [0.15, 0.2) is 27.0 Å². The fraction of sp³-hybridized carbons (Fsp3) is 0.333. The van der Waals surface area contributed by atoms with E-state index in [4.69, 9.17) is 0 Å². The zero-order valence-corrected chi connectivity index (χ0v) is 6.40. The van der Waals surface area contributed by atoms with Gasteiger partial charge in [-0.2, -0.15) is 10.2 Å². The van der Waals surface area contributed by atoms with Crippen molar-refractivity contribution in [2.24, 2.45) is 15.2 Å². The third kappa shape index (κ3) is 0.884. The van der Waals surface area contributed by atoms with Gasteiger partial charge >= 0.3 is 0 Å². The minimum atomic E-state index is -0.350. The molecular weight excluding hydrogens is 158 g/mol. The van der Waals surface area contributed by atoms with Crippen LogP contribution in [0.25, 0.3) is 0 Å². The Morgan fingerprint density at radius 1 is 1.67 bits per heavy atom. The summed E-state index contributed by atoms with van der Waals surface area (Å²) in [5.41, 5.74) is 0.530. The summed E-state index contributed by atoms with van der Waals surface area (Å²) in [6.07, 6.45) is 1.09. The number of guanidine groups is 1. The number of rotatable bonds is 0. The Bertz CT molecular complexity index is 316. The van der Waals surface area contributed by atoms with Crippen LogP contribution in [0.5, 0.6) is 0 Å². The molecule has 0 aromatic rings. The van der Waals surface area contributed by atoms with Crippen LogP contribution >= 0.6 is 0 Å². The molecule has 6 heteroatoms. The van der Waals surface area contributed by atoms with Crippen LogP contribution in [-0.2, 0) is 4.79 Å². The molecule has 1 saturated heterocycles. The van der Waals surface area contributed by atoms with E-state index in [1.165, 1.54) is 6.20 Å². The van der Waals surface area contributed by atoms with Gasteiger partial charge in [0.2, 0.25) is 0 Å². The van der Waals surface area contributed by atoms with Crippen molar-refractivity contribution in [3.8, 4) is 0 Å². The molecule has 2 aliphatic heterocycles. The van der Waals surface area contributed by atoms with Crippen LogP contribution in [0.1, 0.15) is 0 Å². The molecule has 2 heterocycles. The van der Waals surface area contributed by atoms with Crippen LogP contribution in [0.4, 0.5) is 0 Å². The van der Waals surface area contributed by atoms with Crippen LogP contribution < -0.4 is 10.6 Å². The lowest BCUT2D eigenvalue weighted by Gasteiger charge is -2.21. The minimum absolute atomic E-state index is 0.190. The molecule has 62 valence electrons. The zero-order chi connectivity index (χ0) is 8.55. The van der Waals surface area contributed by atoms with Crippen LogP contribution in [0.2, 0.25) is 0 Å². The Morgan fingerprint density at radius 3 is 3.25 bits per heavy atom. The molecule has 0 spiro atoms. The average Bonchev–Trinajstić information content (AvgIpc) is 2.52. The van der Waals surface area contributed by atoms with Crippen molar-refractivity contribution in [3.63, 3.8) is 0 Å². The SMILES string of the molecule is CN=C1NC(=O)C2=CN=NC2N1. The summed E-state index contributed by atoms with van der Waals surface area (Å²) in [5, 5.41) is 12.9. The summed E-state index contributed by atoms with van der Waals surface area (Å²) in [4.78, 5) is 15.0. The number of carbonyl (C=O) groups excluding carboxylic acids is 1. The van der Waals surface area contributed by atoms with Crippen molar-refractivity contribution in [2.45, 2.75) is 6.17 Å². The summed E-state index contributed by atoms with van der Waals surface area (Å²) in [7, 11) is 1.59. The van der Waals surface area contributed by atoms with E-state index in [-0.39, 0.29) is 12.1 Å². The number of nitrogens with zero attached hydrogens (tertiary/aromatic N) is 3. The number of azo groups is 1. The molecule has 6 nitrogen and oxygen atoms in total. The van der Waals surface area contributed by atoms with E-state index in [0.717, 1.165) is 0 Å². The van der Waals surface area contributed by atoms with E-state index >= 15 is 0 Å². The molecule has 2 rings (SSSR count). The first-order chi connectivity index (χ1) is 5.81. The molecule has 2 aliphatic rings. The molecular formula is C6H7N5O. The molecule has 0 bridgehead atoms. The van der Waals surface area contributed by atoms with Crippen molar-refractivity contribution in [1.82, 2.24) is 10.6 Å². The average molecular weight is 165 g/mol. The van der Waals surface area contributed by atoms with E-state index in [2.05, 4.69) is 25.9 Å². The lowest BCUT2D eigenvalue weighted by atomic mass is 10.2. The number of fused-ring (bicyclic) bond motifs is 1. The Morgan fingerprint density at radius 2 is 2.50 bits per heavy atom. The predicted molar refractivity (Wildman–Crippen MR) is 41.4 cm³/mol. The van der Waals surface area contributed by atoms with Gasteiger partial charge in [0.25, 0.3) is 5.91 Å². The van der Waals surface area contributed by atoms with Gasteiger partial charge in [0.05, 0.1) is 11.8 Å². The zero-order valence-electron chi connectivity index (χ0n) is 6.40. The van der Waals surface area contributed by atoms with Gasteiger partial charge in [-0.15, -0.1) is 0 Å². The van der Waals surface area contributed by atoms with Gasteiger partial charge in [-0.3, -0.25) is 15.1 Å². The second kappa shape index (κ2) is 2.40. The van der Waals surface area contributed by atoms with Crippen LogP contribution in [0.3, 0.4) is 0 Å². The molecule has 0 saturated carbocycles. The maximum absolute atomic E-state index is 11.2. The number of nitrogens with one attached hydrogen (secondary N) is 2. The van der Waals surface area contributed by atoms with Gasteiger partial charge in [-0.05, 0) is 0 Å². The highest BCUT2D eigenvalue weighted by atomic mass is 16.2. The van der Waals surface area contributed by atoms with Gasteiger partial charge in [-0.1, -0.05) is 0 Å². The van der Waals surface area contributed by atoms with Crippen molar-refractivity contribution in [2.75, 3.05) is 7.05 Å². The maximum Gasteiger partial charge on any atom is 0.259 e. The third-order valence-electron chi connectivity index (χ3n) is 1.66. The number of hydrogen-bond donors (Lipinski definition) is 2. The standard InChI is InChI=1S/C6H7N5O/c1-7-6-9-4-3(2-8-11-4)5(12)10-6/h2,4H,1H3,(H2,7,9,10,12). The Kier molecular flexibility index (Phi) is 1.39. The van der Waals surface area contributed by atoms with E-state index in [9.17, 15) is 4.79 Å². The van der Waals surface area contributed by atoms with Crippen LogP contribution in [0, 0.1) is 0 Å². The lowest BCUT2D eigenvalue weighted by Crippen LogP contribution is -2.53. The number of amides is 1. The van der Waals surface area contributed by atoms with Crippen molar-refractivity contribution in [3.05, 3.63) is 11.8 Å². The second-order valence-electron chi connectivity index (χ2n) is 2.39. The van der Waals surface area contributed by atoms with E-state index < -0.39 is 0 Å². The largest absolute Gasteiger partial charge is 0.329 e. The normalized spacial score (nSPS) is 29.4. The van der Waals surface area contributed by atoms with Crippen molar-refractivity contribution >= 4 is 11.9 Å². The van der Waals surface area contributed by atoms with Gasteiger partial charge < -0.3 is 5.32 Å². The van der Waals surface area contributed by atoms with Gasteiger partial charge in [0, 0.05) is 7.05 Å². The smallest absolute Gasteiger partial charge is 0.259 e. The molecule has 0 radical (unpaired) electrons. The predicted octanol–water partition coefficient (Wildman–Crippen LogP) is -0.633. The third-order valence-corrected chi connectivity index (χ3v) is 1.66. The van der Waals surface area contributed by atoms with E-state index in [1.807, 2.05) is 0 Å². The molecule has 12 heavy (non-hydrogen) atoms. The molecule has 0 aliphatic carbocycles. The molecule has 0 aromatic carbocycles. The topological polar surface area (TPSA) is 78.2 Å². The van der Waals surface area contributed by atoms with Crippen LogP contribution in [-0.4, -0.2) is 25.1 Å². The number of aliphatic imine (C=N–C) groups is 1. The fourth-order valence-corrected chi connectivity index (χ4v) is 1.05. The molecule has 0 aromatic heterocycles. The van der Waals surface area contributed by atoms with Gasteiger partial charge in [0.1, 0.15) is 0 Å². The highest BCUT2D eigenvalue weighted by Gasteiger charge is 2.30. The molecule has 1 unspecified atom stereocenters. The quantitative estimate of drug-likeness (QED) is 0.501. The fourth-order valence-electron chi connectivity index (χ4n) is 1.05. The highest BCUT2D eigenvalue weighted by Crippen LogP contribution is 2.14. The van der Waals surface area contributed by atoms with Gasteiger partial charge in [0.15, 0.2) is 12.1 Å². The Hall–Kier alpha value is -1.72. The van der Waals surface area contributed by atoms with E-state index in [0.29, 0.717) is 11.5 Å². The summed E-state index contributed by atoms with van der Waals surface area (Å²) in [5.74, 6) is 0.243. The lowest BCUT2D eigenvalue weighted by molar-refractivity contribution is -0.116. The van der Waals surface area contributed by atoms with Crippen molar-refractivity contribution in [1.29, 1.82) is 0 Å². The summed E-state index contributed by atoms with van der Waals surface area (Å²) >= 11 is 0. The van der Waals surface area contributed by atoms with E-state index in [1.54, 1.807) is 7.05 Å². The molecule has 1 atom stereocenters. The summed E-state index contributed by atoms with van der Waals surface area (Å²) in [6, 6.07) is 0. The minimum Gasteiger partial charge on any atom is -0.329 e. The summed E-state index contributed by atoms with van der Waals surface area (Å²) in [6.45, 7) is 0. The first kappa shape index (κ1) is 6.96. The van der Waals surface area contributed by atoms with Crippen molar-refractivity contribution < 1.29 is 4.79 Å². The molecule has 1 amide bonds. The first-order valence-electron chi connectivity index (χ1n) is 3.46. The summed E-state index contributed by atoms with van der Waals surface area (Å²) < 4.78 is 0. The van der Waals surface area contributed by atoms with Gasteiger partial charge in [-0.25, -0.2) is 0 Å². The maximum atomic E-state index is 11.2. The monoisotopic (exact) mass is 165 g/mol. The Labute approximate surface area is 68.5 Å². The number of carbonyl (C=O) groups is 1. The highest BCUT2D eigenvalue weighted by molar-refractivity contribution is 6.09. The number of hydrogen-bond acceptors (Lipinski definition) is 4. The molecule has 2 N–H and O–H groups in total. The molecule has 1 fully saturated rings. The first-order valence-corrected chi connectivity index (χ1v) is 3.46. The second-order valence-corrected chi connectivity index (χ2v) is 2.39.